The van der Waals surface area contributed by atoms with E-state index in [2.05, 4.69) is 19.0 Å². The zero-order valence-corrected chi connectivity index (χ0v) is 22.0. The third kappa shape index (κ3) is 6.91. The molecule has 2 aromatic carbocycles. The quantitative estimate of drug-likeness (QED) is 0.373. The summed E-state index contributed by atoms with van der Waals surface area (Å²) in [6.07, 6.45) is 5.29. The summed E-state index contributed by atoms with van der Waals surface area (Å²) >= 11 is 0. The van der Waals surface area contributed by atoms with Gasteiger partial charge in [0.25, 0.3) is 5.91 Å². The number of hydrogen-bond acceptors (Lipinski definition) is 6. The number of likely N-dealkylation sites (tertiary alicyclic amines) is 1. The Balaban J connectivity index is 1.45. The van der Waals surface area contributed by atoms with Crippen molar-refractivity contribution in [3.8, 4) is 11.5 Å². The molecule has 0 unspecified atom stereocenters. The van der Waals surface area contributed by atoms with Gasteiger partial charge >= 0.3 is 0 Å². The molecule has 1 fully saturated rings. The van der Waals surface area contributed by atoms with Crippen LogP contribution in [0.4, 0.5) is 11.4 Å². The van der Waals surface area contributed by atoms with Crippen molar-refractivity contribution in [1.82, 2.24) is 9.80 Å². The van der Waals surface area contributed by atoms with Crippen molar-refractivity contribution in [3.05, 3.63) is 48.0 Å². The zero-order valence-electron chi connectivity index (χ0n) is 22.0. The molecule has 196 valence electrons. The minimum absolute atomic E-state index is 0.240. The molecule has 8 heteroatoms. The van der Waals surface area contributed by atoms with Crippen LogP contribution in [0.15, 0.2) is 42.5 Å². The summed E-state index contributed by atoms with van der Waals surface area (Å²) in [4.78, 5) is 31.5. The number of ether oxygens (including phenoxy) is 2. The molecule has 1 aliphatic heterocycles. The molecular formula is C28H40N4O4. The van der Waals surface area contributed by atoms with Gasteiger partial charge in [0.1, 0.15) is 11.5 Å². The summed E-state index contributed by atoms with van der Waals surface area (Å²) in [5, 5.41) is 0. The zero-order chi connectivity index (χ0) is 26.1. The van der Waals surface area contributed by atoms with Crippen LogP contribution in [0, 0.1) is 0 Å². The Hall–Kier alpha value is -3.26. The number of benzene rings is 2. The van der Waals surface area contributed by atoms with Gasteiger partial charge in [-0.15, -0.1) is 0 Å². The number of amides is 2. The SMILES string of the molecule is COc1cccc(C(=O)N(C)c2ccccc2OCCCCCC(=O)N2CCC(N(C)C)CC2)c1N. The lowest BCUT2D eigenvalue weighted by Crippen LogP contribution is -2.44. The minimum atomic E-state index is -0.240. The van der Waals surface area contributed by atoms with Crippen molar-refractivity contribution in [2.75, 3.05) is 58.6 Å². The number of para-hydroxylation sites is 3. The second kappa shape index (κ2) is 13.2. The Morgan fingerprint density at radius 3 is 2.36 bits per heavy atom. The van der Waals surface area contributed by atoms with Crippen LogP contribution in [0.25, 0.3) is 0 Å². The monoisotopic (exact) mass is 496 g/mol. The molecule has 0 aliphatic carbocycles. The highest BCUT2D eigenvalue weighted by Gasteiger charge is 2.23. The third-order valence-corrected chi connectivity index (χ3v) is 6.89. The van der Waals surface area contributed by atoms with Gasteiger partial charge in [0.05, 0.1) is 30.7 Å². The van der Waals surface area contributed by atoms with Gasteiger partial charge in [0.2, 0.25) is 5.91 Å². The molecule has 0 aromatic heterocycles. The average Bonchev–Trinajstić information content (AvgIpc) is 2.90. The van der Waals surface area contributed by atoms with E-state index in [1.54, 1.807) is 30.1 Å². The van der Waals surface area contributed by atoms with Crippen LogP contribution < -0.4 is 20.1 Å². The molecular weight excluding hydrogens is 456 g/mol. The number of nitrogens with two attached hydrogens (primary N) is 1. The second-order valence-corrected chi connectivity index (χ2v) is 9.49. The highest BCUT2D eigenvalue weighted by atomic mass is 16.5. The molecule has 3 rings (SSSR count). The molecule has 1 saturated heterocycles. The molecule has 8 nitrogen and oxygen atoms in total. The van der Waals surface area contributed by atoms with Crippen LogP contribution in [-0.2, 0) is 4.79 Å². The predicted molar refractivity (Wildman–Crippen MR) is 144 cm³/mol. The van der Waals surface area contributed by atoms with Gasteiger partial charge in [-0.25, -0.2) is 0 Å². The summed E-state index contributed by atoms with van der Waals surface area (Å²) in [5.74, 6) is 1.12. The van der Waals surface area contributed by atoms with E-state index in [-0.39, 0.29) is 11.8 Å². The topological polar surface area (TPSA) is 88.3 Å². The molecule has 2 aromatic rings. The first-order valence-corrected chi connectivity index (χ1v) is 12.7. The third-order valence-electron chi connectivity index (χ3n) is 6.89. The van der Waals surface area contributed by atoms with Gasteiger partial charge in [-0.3, -0.25) is 9.59 Å². The molecule has 0 spiro atoms. The predicted octanol–water partition coefficient (Wildman–Crippen LogP) is 4.05. The molecule has 0 saturated carbocycles. The lowest BCUT2D eigenvalue weighted by Gasteiger charge is -2.35. The normalized spacial score (nSPS) is 14.1. The minimum Gasteiger partial charge on any atom is -0.495 e. The molecule has 0 bridgehead atoms. The Labute approximate surface area is 214 Å². The van der Waals surface area contributed by atoms with E-state index in [9.17, 15) is 9.59 Å². The number of piperidine rings is 1. The first kappa shape index (κ1) is 27.3. The second-order valence-electron chi connectivity index (χ2n) is 9.49. The van der Waals surface area contributed by atoms with Gasteiger partial charge in [-0.1, -0.05) is 18.2 Å². The molecule has 0 radical (unpaired) electrons. The lowest BCUT2D eigenvalue weighted by molar-refractivity contribution is -0.132. The first-order chi connectivity index (χ1) is 17.3. The van der Waals surface area contributed by atoms with Crippen molar-refractivity contribution in [2.24, 2.45) is 0 Å². The van der Waals surface area contributed by atoms with Gasteiger partial charge in [0, 0.05) is 32.6 Å². The number of methoxy groups -OCH3 is 1. The Morgan fingerprint density at radius 2 is 1.67 bits per heavy atom. The lowest BCUT2D eigenvalue weighted by atomic mass is 10.0. The van der Waals surface area contributed by atoms with E-state index >= 15 is 0 Å². The van der Waals surface area contributed by atoms with Crippen LogP contribution in [0.2, 0.25) is 0 Å². The summed E-state index contributed by atoms with van der Waals surface area (Å²) in [7, 11) is 7.44. The fourth-order valence-electron chi connectivity index (χ4n) is 4.58. The van der Waals surface area contributed by atoms with Crippen LogP contribution >= 0.6 is 0 Å². The molecule has 2 amide bonds. The fourth-order valence-corrected chi connectivity index (χ4v) is 4.58. The van der Waals surface area contributed by atoms with E-state index < -0.39 is 0 Å². The molecule has 2 N–H and O–H groups in total. The number of unbranched alkanes of at least 4 members (excludes halogenated alkanes) is 2. The van der Waals surface area contributed by atoms with Crippen LogP contribution in [0.5, 0.6) is 11.5 Å². The van der Waals surface area contributed by atoms with Crippen molar-refractivity contribution in [1.29, 1.82) is 0 Å². The maximum atomic E-state index is 13.1. The summed E-state index contributed by atoms with van der Waals surface area (Å²) in [6, 6.07) is 13.2. The van der Waals surface area contributed by atoms with Gasteiger partial charge in [-0.05, 0) is 70.5 Å². The van der Waals surface area contributed by atoms with Crippen LogP contribution in [0.3, 0.4) is 0 Å². The number of carbonyl (C=O) groups excluding carboxylic acids is 2. The number of rotatable bonds is 11. The van der Waals surface area contributed by atoms with Crippen molar-refractivity contribution in [3.63, 3.8) is 0 Å². The van der Waals surface area contributed by atoms with Crippen molar-refractivity contribution >= 4 is 23.2 Å². The van der Waals surface area contributed by atoms with Gasteiger partial charge < -0.3 is 29.9 Å². The van der Waals surface area contributed by atoms with Crippen LogP contribution in [-0.4, -0.2) is 75.6 Å². The van der Waals surface area contributed by atoms with Gasteiger partial charge in [0.15, 0.2) is 0 Å². The maximum absolute atomic E-state index is 13.1. The first-order valence-electron chi connectivity index (χ1n) is 12.7. The van der Waals surface area contributed by atoms with E-state index in [1.807, 2.05) is 29.2 Å². The molecule has 1 aliphatic rings. The van der Waals surface area contributed by atoms with E-state index in [1.165, 1.54) is 7.11 Å². The van der Waals surface area contributed by atoms with E-state index in [0.717, 1.165) is 45.2 Å². The highest BCUT2D eigenvalue weighted by Crippen LogP contribution is 2.31. The highest BCUT2D eigenvalue weighted by molar-refractivity contribution is 6.10. The number of nitrogen functional groups attached to an aromatic ring is 1. The number of anilines is 2. The number of carbonyl (C=O) groups is 2. The summed E-state index contributed by atoms with van der Waals surface area (Å²) < 4.78 is 11.3. The van der Waals surface area contributed by atoms with Crippen molar-refractivity contribution < 1.29 is 19.1 Å². The summed E-state index contributed by atoms with van der Waals surface area (Å²) in [5.41, 5.74) is 7.49. The van der Waals surface area contributed by atoms with Crippen molar-refractivity contribution in [2.45, 2.75) is 44.6 Å². The van der Waals surface area contributed by atoms with E-state index in [4.69, 9.17) is 15.2 Å². The van der Waals surface area contributed by atoms with Gasteiger partial charge in [-0.2, -0.15) is 0 Å². The standard InChI is InChI=1S/C28H40N4O4/c1-30(2)21-16-18-32(19-17-21)26(33)15-6-5-9-20-36-24-13-8-7-12-23(24)31(3)28(34)22-11-10-14-25(35-4)27(22)29/h7-8,10-14,21H,5-6,9,15-20,29H2,1-4H3. The molecule has 0 atom stereocenters. The van der Waals surface area contributed by atoms with E-state index in [0.29, 0.717) is 47.5 Å². The maximum Gasteiger partial charge on any atom is 0.260 e. The largest absolute Gasteiger partial charge is 0.495 e. The fraction of sp³-hybridized carbons (Fsp3) is 0.500. The number of nitrogens with zero attached hydrogens (tertiary/aromatic N) is 3. The smallest absolute Gasteiger partial charge is 0.260 e. The molecule has 36 heavy (non-hydrogen) atoms. The Morgan fingerprint density at radius 1 is 0.972 bits per heavy atom. The Kier molecular flexibility index (Phi) is 9.99. The molecule has 1 heterocycles. The van der Waals surface area contributed by atoms with Crippen LogP contribution in [0.1, 0.15) is 48.9 Å². The number of hydrogen-bond donors (Lipinski definition) is 1. The Bertz CT molecular complexity index is 1020. The summed E-state index contributed by atoms with van der Waals surface area (Å²) in [6.45, 7) is 2.23. The average molecular weight is 497 g/mol.